The second-order valence-corrected chi connectivity index (χ2v) is 4.59. The molecule has 0 unspecified atom stereocenters. The predicted molar refractivity (Wildman–Crippen MR) is 82.9 cm³/mol. The molecule has 1 aromatic carbocycles. The van der Waals surface area contributed by atoms with Gasteiger partial charge in [-0.1, -0.05) is 24.3 Å². The van der Waals surface area contributed by atoms with Crippen molar-refractivity contribution in [2.75, 3.05) is 5.01 Å². The molecule has 1 aliphatic heterocycles. The fourth-order valence-electron chi connectivity index (χ4n) is 2.08. The zero-order chi connectivity index (χ0) is 14.7. The topological polar surface area (TPSA) is 45.8 Å². The summed E-state index contributed by atoms with van der Waals surface area (Å²) in [5, 5.41) is 5.73. The number of carbonyl (C=O) groups is 1. The van der Waals surface area contributed by atoms with Crippen LogP contribution in [-0.4, -0.2) is 11.6 Å². The fourth-order valence-corrected chi connectivity index (χ4v) is 2.08. The average molecular weight is 278 g/mol. The molecule has 0 radical (unpaired) electrons. The lowest BCUT2D eigenvalue weighted by Crippen LogP contribution is -2.21. The van der Waals surface area contributed by atoms with Gasteiger partial charge in [0.05, 0.1) is 23.2 Å². The minimum Gasteiger partial charge on any atom is -0.465 e. The van der Waals surface area contributed by atoms with E-state index < -0.39 is 0 Å². The number of anilines is 1. The lowest BCUT2D eigenvalue weighted by atomic mass is 10.1. The monoisotopic (exact) mass is 278 g/mol. The molecule has 104 valence electrons. The van der Waals surface area contributed by atoms with Crippen LogP contribution in [0.2, 0.25) is 0 Å². The van der Waals surface area contributed by atoms with Gasteiger partial charge in [-0.05, 0) is 43.3 Å². The van der Waals surface area contributed by atoms with Gasteiger partial charge in [0.15, 0.2) is 0 Å². The van der Waals surface area contributed by atoms with E-state index >= 15 is 0 Å². The second kappa shape index (κ2) is 5.63. The highest BCUT2D eigenvalue weighted by molar-refractivity contribution is 6.29. The number of nitrogens with zero attached hydrogens (tertiary/aromatic N) is 2. The number of hydrogen-bond donors (Lipinski definition) is 0. The zero-order valence-corrected chi connectivity index (χ0v) is 11.6. The van der Waals surface area contributed by atoms with E-state index in [-0.39, 0.29) is 5.91 Å². The number of para-hydroxylation sites is 1. The van der Waals surface area contributed by atoms with Gasteiger partial charge in [0.1, 0.15) is 5.76 Å². The van der Waals surface area contributed by atoms with Gasteiger partial charge < -0.3 is 4.42 Å². The Morgan fingerprint density at radius 3 is 2.67 bits per heavy atom. The first kappa shape index (κ1) is 13.1. The van der Waals surface area contributed by atoms with Crippen molar-refractivity contribution in [1.82, 2.24) is 0 Å². The molecule has 0 bridgehead atoms. The lowest BCUT2D eigenvalue weighted by molar-refractivity contribution is -0.114. The largest absolute Gasteiger partial charge is 0.465 e. The van der Waals surface area contributed by atoms with Crippen LogP contribution in [0.25, 0.3) is 6.08 Å². The summed E-state index contributed by atoms with van der Waals surface area (Å²) in [6.07, 6.45) is 6.96. The minimum absolute atomic E-state index is 0.122. The first-order valence-corrected chi connectivity index (χ1v) is 6.62. The number of carbonyl (C=O) groups excluding carboxylic acids is 1. The number of furan rings is 1. The van der Waals surface area contributed by atoms with Gasteiger partial charge in [-0.15, -0.1) is 0 Å². The molecule has 0 fully saturated rings. The highest BCUT2D eigenvalue weighted by Crippen LogP contribution is 2.23. The third-order valence-corrected chi connectivity index (χ3v) is 3.13. The van der Waals surface area contributed by atoms with Gasteiger partial charge in [-0.2, -0.15) is 10.1 Å². The summed E-state index contributed by atoms with van der Waals surface area (Å²) in [6.45, 7) is 1.83. The zero-order valence-electron chi connectivity index (χ0n) is 11.6. The van der Waals surface area contributed by atoms with Gasteiger partial charge in [0.25, 0.3) is 5.91 Å². The van der Waals surface area contributed by atoms with Crippen LogP contribution in [0.4, 0.5) is 5.69 Å². The number of benzene rings is 1. The molecule has 0 saturated heterocycles. The summed E-state index contributed by atoms with van der Waals surface area (Å²) in [6, 6.07) is 13.0. The molecular formula is C17H14N2O2. The maximum atomic E-state index is 12.4. The predicted octanol–water partition coefficient (Wildman–Crippen LogP) is 3.64. The van der Waals surface area contributed by atoms with Crippen LogP contribution in [0.5, 0.6) is 0 Å². The van der Waals surface area contributed by atoms with Gasteiger partial charge >= 0.3 is 0 Å². The molecule has 2 aromatic rings. The number of hydrogen-bond acceptors (Lipinski definition) is 3. The van der Waals surface area contributed by atoms with Crippen LogP contribution in [-0.2, 0) is 4.79 Å². The van der Waals surface area contributed by atoms with Crippen molar-refractivity contribution in [3.63, 3.8) is 0 Å². The number of rotatable bonds is 3. The molecule has 1 amide bonds. The molecule has 0 aliphatic carbocycles. The Morgan fingerprint density at radius 2 is 1.95 bits per heavy atom. The van der Waals surface area contributed by atoms with Crippen LogP contribution < -0.4 is 5.01 Å². The Bertz CT molecular complexity index is 725. The van der Waals surface area contributed by atoms with E-state index in [1.165, 1.54) is 5.01 Å². The van der Waals surface area contributed by atoms with E-state index in [1.54, 1.807) is 24.5 Å². The normalized spacial score (nSPS) is 17.0. The quantitative estimate of drug-likeness (QED) is 0.805. The third kappa shape index (κ3) is 2.69. The van der Waals surface area contributed by atoms with E-state index in [0.717, 1.165) is 11.4 Å². The summed E-state index contributed by atoms with van der Waals surface area (Å²) >= 11 is 0. The van der Waals surface area contributed by atoms with Crippen molar-refractivity contribution in [3.8, 4) is 0 Å². The van der Waals surface area contributed by atoms with Crippen LogP contribution in [0.1, 0.15) is 12.7 Å². The summed E-state index contributed by atoms with van der Waals surface area (Å²) in [5.41, 5.74) is 2.05. The molecule has 4 nitrogen and oxygen atoms in total. The average Bonchev–Trinajstić information content (AvgIpc) is 3.11. The van der Waals surface area contributed by atoms with Crippen molar-refractivity contribution in [3.05, 3.63) is 72.2 Å². The summed E-state index contributed by atoms with van der Waals surface area (Å²) in [4.78, 5) is 12.4. The van der Waals surface area contributed by atoms with Crippen LogP contribution in [0.3, 0.4) is 0 Å². The van der Waals surface area contributed by atoms with Crippen molar-refractivity contribution >= 4 is 23.4 Å². The molecule has 2 heterocycles. The summed E-state index contributed by atoms with van der Waals surface area (Å²) in [7, 11) is 0. The van der Waals surface area contributed by atoms with Gasteiger partial charge in [0.2, 0.25) is 0 Å². The van der Waals surface area contributed by atoms with E-state index in [1.807, 2.05) is 49.4 Å². The standard InChI is InChI=1S/C17H14N2O2/c1-13-16(11-5-9-15-10-6-12-21-15)17(20)19(18-13)14-7-3-2-4-8-14/h2-12H,1H3/b9-5+,16-11+. The molecule has 3 rings (SSSR count). The maximum Gasteiger partial charge on any atom is 0.280 e. The first-order valence-electron chi connectivity index (χ1n) is 6.62. The molecule has 4 heteroatoms. The lowest BCUT2D eigenvalue weighted by Gasteiger charge is -2.10. The van der Waals surface area contributed by atoms with Crippen molar-refractivity contribution in [2.45, 2.75) is 6.92 Å². The van der Waals surface area contributed by atoms with Crippen molar-refractivity contribution < 1.29 is 9.21 Å². The molecule has 0 atom stereocenters. The summed E-state index contributed by atoms with van der Waals surface area (Å²) < 4.78 is 5.20. The van der Waals surface area contributed by atoms with Gasteiger partial charge in [-0.25, -0.2) is 0 Å². The minimum atomic E-state index is -0.122. The molecular weight excluding hydrogens is 264 g/mol. The number of amides is 1. The van der Waals surface area contributed by atoms with E-state index in [0.29, 0.717) is 11.3 Å². The van der Waals surface area contributed by atoms with E-state index in [2.05, 4.69) is 5.10 Å². The molecule has 21 heavy (non-hydrogen) atoms. The number of allylic oxidation sites excluding steroid dienone is 2. The smallest absolute Gasteiger partial charge is 0.280 e. The Labute approximate surface area is 122 Å². The van der Waals surface area contributed by atoms with Crippen molar-refractivity contribution in [2.24, 2.45) is 5.10 Å². The van der Waals surface area contributed by atoms with Gasteiger partial charge in [-0.3, -0.25) is 4.79 Å². The summed E-state index contributed by atoms with van der Waals surface area (Å²) in [5.74, 6) is 0.620. The van der Waals surface area contributed by atoms with Gasteiger partial charge in [0, 0.05) is 0 Å². The highest BCUT2D eigenvalue weighted by Gasteiger charge is 2.27. The van der Waals surface area contributed by atoms with Crippen LogP contribution in [0.15, 0.2) is 76.0 Å². The second-order valence-electron chi connectivity index (χ2n) is 4.59. The Kier molecular flexibility index (Phi) is 3.51. The Morgan fingerprint density at radius 1 is 1.14 bits per heavy atom. The van der Waals surface area contributed by atoms with E-state index in [4.69, 9.17) is 4.42 Å². The third-order valence-electron chi connectivity index (χ3n) is 3.13. The molecule has 0 saturated carbocycles. The number of hydrazone groups is 1. The van der Waals surface area contributed by atoms with Crippen molar-refractivity contribution in [1.29, 1.82) is 0 Å². The molecule has 1 aliphatic rings. The Hall–Kier alpha value is -2.88. The van der Waals surface area contributed by atoms with Crippen LogP contribution >= 0.6 is 0 Å². The molecule has 0 N–H and O–H groups in total. The molecule has 0 spiro atoms. The fraction of sp³-hybridized carbons (Fsp3) is 0.0588. The highest BCUT2D eigenvalue weighted by atomic mass is 16.3. The van der Waals surface area contributed by atoms with Crippen LogP contribution in [0, 0.1) is 0 Å². The maximum absolute atomic E-state index is 12.4. The first-order chi connectivity index (χ1) is 10.3. The Balaban J connectivity index is 1.82. The SMILES string of the molecule is CC1=NN(c2ccccc2)C(=O)/C1=C/C=C/c1ccco1. The molecule has 1 aromatic heterocycles. The van der Waals surface area contributed by atoms with E-state index in [9.17, 15) is 4.79 Å².